The molecule has 1 saturated heterocycles. The Labute approximate surface area is 387 Å². The van der Waals surface area contributed by atoms with Crippen molar-refractivity contribution in [2.24, 2.45) is 0 Å². The molecule has 3 heterocycles. The minimum absolute atomic E-state index is 0.0434. The van der Waals surface area contributed by atoms with Gasteiger partial charge in [0.05, 0.1) is 42.0 Å². The Balaban J connectivity index is 0.897. The van der Waals surface area contributed by atoms with Gasteiger partial charge in [0, 0.05) is 50.3 Å². The van der Waals surface area contributed by atoms with Crippen LogP contribution in [0.5, 0.6) is 5.75 Å². The van der Waals surface area contributed by atoms with Crippen molar-refractivity contribution in [1.29, 1.82) is 0 Å². The minimum atomic E-state index is -4.78. The van der Waals surface area contributed by atoms with Crippen molar-refractivity contribution in [3.63, 3.8) is 0 Å². The number of piperidine rings is 1. The number of ketones is 2. The number of fused-ring (bicyclic) bond motifs is 1. The normalized spacial score (nSPS) is 16.6. The largest absolute Gasteiger partial charge is 0.489 e. The van der Waals surface area contributed by atoms with Gasteiger partial charge in [-0.1, -0.05) is 30.0 Å². The molecule has 2 aliphatic heterocycles. The van der Waals surface area contributed by atoms with E-state index in [4.69, 9.17) is 4.74 Å². The molecule has 3 aromatic carbocycles. The van der Waals surface area contributed by atoms with E-state index in [9.17, 15) is 37.1 Å². The number of alkyl halides is 3. The molecule has 2 fully saturated rings. The van der Waals surface area contributed by atoms with Gasteiger partial charge in [0.15, 0.2) is 5.78 Å². The summed E-state index contributed by atoms with van der Waals surface area (Å²) < 4.78 is 48.7. The third kappa shape index (κ3) is 11.8. The first-order chi connectivity index (χ1) is 32.1. The van der Waals surface area contributed by atoms with Crippen LogP contribution in [-0.4, -0.2) is 94.4 Å². The van der Waals surface area contributed by atoms with Crippen LogP contribution in [0.25, 0.3) is 0 Å². The monoisotopic (exact) mass is 920 g/mol. The van der Waals surface area contributed by atoms with Gasteiger partial charge >= 0.3 is 6.18 Å². The summed E-state index contributed by atoms with van der Waals surface area (Å²) >= 11 is 0. The summed E-state index contributed by atoms with van der Waals surface area (Å²) in [5, 5.41) is 11.3. The summed E-state index contributed by atoms with van der Waals surface area (Å²) in [5.41, 5.74) is 3.82. The number of rotatable bonds is 15. The van der Waals surface area contributed by atoms with Crippen LogP contribution in [0, 0.1) is 18.8 Å². The van der Waals surface area contributed by atoms with Crippen molar-refractivity contribution in [1.82, 2.24) is 30.4 Å². The SMILES string of the molecule is CNC(=O)c1ccccc1Nc1nc(Nc2cc(C)c(C3CCN(CC(=O)NCCCCC#Cc4cccc5c4CN(C4CCC(=O)CC4=O)C5=O)CC3)cc2OC(C)C)ncc1C(F)(F)F. The molecule has 1 saturated carbocycles. The molecular weight excluding hydrogens is 866 g/mol. The highest BCUT2D eigenvalue weighted by molar-refractivity contribution is 6.07. The second-order valence-corrected chi connectivity index (χ2v) is 17.4. The third-order valence-electron chi connectivity index (χ3n) is 12.2. The van der Waals surface area contributed by atoms with Gasteiger partial charge in [-0.25, -0.2) is 4.98 Å². The zero-order valence-electron chi connectivity index (χ0n) is 38.1. The topological polar surface area (TPSA) is 175 Å². The summed E-state index contributed by atoms with van der Waals surface area (Å²) in [6, 6.07) is 14.9. The fourth-order valence-electron chi connectivity index (χ4n) is 8.81. The Hall–Kier alpha value is -6.80. The van der Waals surface area contributed by atoms with Crippen LogP contribution in [0.1, 0.15) is 120 Å². The third-order valence-corrected chi connectivity index (χ3v) is 12.2. The summed E-state index contributed by atoms with van der Waals surface area (Å²) in [6.07, 6.45) is 0.0204. The van der Waals surface area contributed by atoms with Gasteiger partial charge in [0.1, 0.15) is 22.9 Å². The molecule has 1 aromatic heterocycles. The molecule has 4 N–H and O–H groups in total. The quantitative estimate of drug-likeness (QED) is 0.0525. The van der Waals surface area contributed by atoms with Gasteiger partial charge in [-0.3, -0.25) is 28.9 Å². The first-order valence-electron chi connectivity index (χ1n) is 22.6. The average Bonchev–Trinajstić information content (AvgIpc) is 3.62. The maximum absolute atomic E-state index is 14.1. The zero-order chi connectivity index (χ0) is 47.8. The first-order valence-corrected chi connectivity index (χ1v) is 22.6. The van der Waals surface area contributed by atoms with E-state index in [1.807, 2.05) is 39.0 Å². The predicted molar refractivity (Wildman–Crippen MR) is 246 cm³/mol. The fraction of sp³-hybridized carbons (Fsp3) is 0.420. The number of carbonyl (C=O) groups excluding carboxylic acids is 5. The van der Waals surface area contributed by atoms with Gasteiger partial charge in [-0.15, -0.1) is 0 Å². The number of halogens is 3. The molecule has 7 rings (SSSR count). The summed E-state index contributed by atoms with van der Waals surface area (Å²) in [4.78, 5) is 74.7. The van der Waals surface area contributed by atoms with Crippen molar-refractivity contribution in [3.8, 4) is 17.6 Å². The number of nitrogens with one attached hydrogen (secondary N) is 4. The number of nitrogens with zero attached hydrogens (tertiary/aromatic N) is 4. The minimum Gasteiger partial charge on any atom is -0.489 e. The number of ether oxygens (including phenoxy) is 1. The van der Waals surface area contributed by atoms with Crippen LogP contribution in [0.3, 0.4) is 0 Å². The molecule has 0 bridgehead atoms. The van der Waals surface area contributed by atoms with Crippen molar-refractivity contribution in [3.05, 3.63) is 99.7 Å². The number of hydrogen-bond donors (Lipinski definition) is 4. The summed E-state index contributed by atoms with van der Waals surface area (Å²) in [5.74, 6) is 5.46. The molecule has 0 radical (unpaired) electrons. The van der Waals surface area contributed by atoms with E-state index < -0.39 is 29.5 Å². The molecule has 0 spiro atoms. The highest BCUT2D eigenvalue weighted by Crippen LogP contribution is 2.40. The second-order valence-electron chi connectivity index (χ2n) is 17.4. The molecule has 352 valence electrons. The van der Waals surface area contributed by atoms with Crippen molar-refractivity contribution in [2.45, 2.75) is 103 Å². The zero-order valence-corrected chi connectivity index (χ0v) is 38.1. The number of benzene rings is 3. The highest BCUT2D eigenvalue weighted by Gasteiger charge is 2.40. The van der Waals surface area contributed by atoms with Gasteiger partial charge in [-0.05, 0) is 125 Å². The molecule has 67 heavy (non-hydrogen) atoms. The maximum Gasteiger partial charge on any atom is 0.421 e. The smallest absolute Gasteiger partial charge is 0.421 e. The van der Waals surface area contributed by atoms with Crippen LogP contribution < -0.4 is 26.0 Å². The van der Waals surface area contributed by atoms with Gasteiger partial charge < -0.3 is 30.9 Å². The molecule has 1 atom stereocenters. The highest BCUT2D eigenvalue weighted by atomic mass is 19.4. The Morgan fingerprint density at radius 3 is 2.48 bits per heavy atom. The lowest BCUT2D eigenvalue weighted by molar-refractivity contribution is -0.137. The maximum atomic E-state index is 14.1. The van der Waals surface area contributed by atoms with Gasteiger partial charge in [0.2, 0.25) is 11.9 Å². The average molecular weight is 921 g/mol. The lowest BCUT2D eigenvalue weighted by Crippen LogP contribution is -2.44. The number of anilines is 4. The van der Waals surface area contributed by atoms with E-state index in [1.165, 1.54) is 19.2 Å². The summed E-state index contributed by atoms with van der Waals surface area (Å²) in [6.45, 7) is 8.29. The Kier molecular flexibility index (Phi) is 15.3. The lowest BCUT2D eigenvalue weighted by atomic mass is 9.86. The molecule has 1 unspecified atom stereocenters. The Morgan fingerprint density at radius 1 is 0.970 bits per heavy atom. The molecule has 14 nitrogen and oxygen atoms in total. The first kappa shape index (κ1) is 48.1. The number of hydrogen-bond acceptors (Lipinski definition) is 11. The number of Topliss-reactive ketones (excluding diaryl/α,β-unsaturated/α-hetero) is 2. The van der Waals surface area contributed by atoms with Crippen molar-refractivity contribution >= 4 is 52.4 Å². The van der Waals surface area contributed by atoms with E-state index in [-0.39, 0.29) is 65.6 Å². The molecule has 1 aliphatic carbocycles. The number of aromatic nitrogens is 2. The number of para-hydroxylation sites is 1. The Morgan fingerprint density at radius 2 is 1.75 bits per heavy atom. The molecule has 4 aromatic rings. The van der Waals surface area contributed by atoms with E-state index in [1.54, 1.807) is 29.2 Å². The van der Waals surface area contributed by atoms with E-state index >= 15 is 0 Å². The number of unbranched alkanes of at least 4 members (excludes halogenated alkanes) is 2. The van der Waals surface area contributed by atoms with E-state index in [0.29, 0.717) is 55.5 Å². The number of likely N-dealkylation sites (tertiary alicyclic amines) is 1. The van der Waals surface area contributed by atoms with Gasteiger partial charge in [0.25, 0.3) is 11.8 Å². The Bertz CT molecular complexity index is 2600. The number of carbonyl (C=O) groups is 5. The standard InChI is InChI=1S/C50H55F3N8O6/c1-30(2)67-44-26-37(31(3)24-41(44)58-49-56-27-39(50(51,52)53)46(59-49)57-40-16-9-8-14-36(40)47(65)54-4)33-19-22-60(23-20-33)29-45(64)55-21-10-6-5-7-12-32-13-11-15-35-38(32)28-61(48(35)66)42-18-17-34(62)25-43(42)63/h8-9,11,13-16,24,26-27,30,33,42H,5-6,10,17-23,25,28-29H2,1-4H3,(H,54,65)(H,55,64)(H2,56,57,58,59). The van der Waals surface area contributed by atoms with E-state index in [2.05, 4.69) is 48.0 Å². The van der Waals surface area contributed by atoms with Gasteiger partial charge in [-0.2, -0.15) is 18.2 Å². The van der Waals surface area contributed by atoms with Crippen LogP contribution in [-0.2, 0) is 27.1 Å². The van der Waals surface area contributed by atoms with Crippen LogP contribution >= 0.6 is 0 Å². The second kappa shape index (κ2) is 21.2. The molecular formula is C50H55F3N8O6. The number of amides is 3. The molecule has 3 amide bonds. The summed E-state index contributed by atoms with van der Waals surface area (Å²) in [7, 11) is 1.43. The molecule has 3 aliphatic rings. The van der Waals surface area contributed by atoms with Crippen molar-refractivity contribution < 1.29 is 41.9 Å². The van der Waals surface area contributed by atoms with Crippen LogP contribution in [0.4, 0.5) is 36.3 Å². The fourth-order valence-corrected chi connectivity index (χ4v) is 8.81. The van der Waals surface area contributed by atoms with E-state index in [0.717, 1.165) is 61.0 Å². The molecule has 17 heteroatoms. The number of aryl methyl sites for hydroxylation is 1. The lowest BCUT2D eigenvalue weighted by Gasteiger charge is -2.33. The van der Waals surface area contributed by atoms with Crippen molar-refractivity contribution in [2.75, 3.05) is 43.9 Å². The van der Waals surface area contributed by atoms with Crippen LogP contribution in [0.2, 0.25) is 0 Å². The predicted octanol–water partition coefficient (Wildman–Crippen LogP) is 7.60. The van der Waals surface area contributed by atoms with Crippen LogP contribution in [0.15, 0.2) is 60.8 Å².